The highest BCUT2D eigenvalue weighted by Gasteiger charge is 2.23. The Balaban J connectivity index is 1.64. The Hall–Kier alpha value is -3.05. The van der Waals surface area contributed by atoms with Crippen molar-refractivity contribution in [2.24, 2.45) is 5.10 Å². The molecule has 0 aromatic carbocycles. The maximum atomic E-state index is 12.0. The second-order valence-corrected chi connectivity index (χ2v) is 6.57. The van der Waals surface area contributed by atoms with Crippen molar-refractivity contribution in [1.29, 1.82) is 5.26 Å². The molecule has 2 aromatic heterocycles. The van der Waals surface area contributed by atoms with E-state index in [0.29, 0.717) is 16.1 Å². The van der Waals surface area contributed by atoms with E-state index in [0.717, 1.165) is 36.1 Å². The summed E-state index contributed by atoms with van der Waals surface area (Å²) in [6.07, 6.45) is 8.45. The number of amides is 2. The highest BCUT2D eigenvalue weighted by atomic mass is 32.1. The minimum Gasteiger partial charge on any atom is -0.308 e. The Morgan fingerprint density at radius 2 is 2.16 bits per heavy atom. The first kappa shape index (κ1) is 16.8. The summed E-state index contributed by atoms with van der Waals surface area (Å²) in [4.78, 5) is 28.9. The van der Waals surface area contributed by atoms with Crippen molar-refractivity contribution in [3.63, 3.8) is 0 Å². The van der Waals surface area contributed by atoms with Gasteiger partial charge in [-0.15, -0.1) is 11.3 Å². The first-order chi connectivity index (χ1) is 12.2. The average molecular weight is 353 g/mol. The van der Waals surface area contributed by atoms with Crippen LogP contribution in [0.2, 0.25) is 0 Å². The first-order valence-electron chi connectivity index (χ1n) is 7.78. The number of hydrogen-bond donors (Lipinski definition) is 2. The van der Waals surface area contributed by atoms with Gasteiger partial charge in [-0.3, -0.25) is 14.6 Å². The van der Waals surface area contributed by atoms with Gasteiger partial charge in [0.15, 0.2) is 0 Å². The van der Waals surface area contributed by atoms with Crippen LogP contribution in [0, 0.1) is 11.3 Å². The van der Waals surface area contributed by atoms with Crippen molar-refractivity contribution in [2.75, 3.05) is 5.32 Å². The number of anilines is 1. The minimum absolute atomic E-state index is 0.436. The zero-order valence-electron chi connectivity index (χ0n) is 13.3. The number of nitrogens with zero attached hydrogens (tertiary/aromatic N) is 3. The highest BCUT2D eigenvalue weighted by molar-refractivity contribution is 7.16. The van der Waals surface area contributed by atoms with E-state index in [1.165, 1.54) is 17.6 Å². The van der Waals surface area contributed by atoms with E-state index in [9.17, 15) is 14.9 Å². The molecule has 0 saturated carbocycles. The number of aryl methyl sites for hydroxylation is 1. The van der Waals surface area contributed by atoms with Crippen LogP contribution in [0.4, 0.5) is 5.00 Å². The van der Waals surface area contributed by atoms with Gasteiger partial charge in [0, 0.05) is 22.8 Å². The van der Waals surface area contributed by atoms with Crippen LogP contribution in [-0.2, 0) is 22.4 Å². The lowest BCUT2D eigenvalue weighted by atomic mass is 9.96. The number of hydrogen-bond acceptors (Lipinski definition) is 6. The summed E-state index contributed by atoms with van der Waals surface area (Å²) >= 11 is 1.37. The zero-order chi connectivity index (χ0) is 17.6. The molecule has 126 valence electrons. The number of pyridine rings is 1. The maximum absolute atomic E-state index is 12.0. The molecule has 1 aliphatic carbocycles. The van der Waals surface area contributed by atoms with Crippen LogP contribution in [0.25, 0.3) is 0 Å². The quantitative estimate of drug-likeness (QED) is 0.500. The number of fused-ring (bicyclic) bond motifs is 1. The van der Waals surface area contributed by atoms with Gasteiger partial charge in [-0.2, -0.15) is 10.4 Å². The molecular weight excluding hydrogens is 338 g/mol. The molecule has 2 amide bonds. The SMILES string of the molecule is N#Cc1c(NC(=O)C(=O)N/N=C\c2cccnc2)sc2c1CCCC2. The number of aromatic nitrogens is 1. The Labute approximate surface area is 148 Å². The van der Waals surface area contributed by atoms with Gasteiger partial charge in [-0.25, -0.2) is 5.43 Å². The van der Waals surface area contributed by atoms with Gasteiger partial charge in [-0.05, 0) is 37.3 Å². The standard InChI is InChI=1S/C17H15N5O2S/c18-8-13-12-5-1-2-6-14(12)25-17(13)21-15(23)16(24)22-20-10-11-4-3-7-19-9-11/h3-4,7,9-10H,1-2,5-6H2,(H,21,23)(H,22,24)/b20-10-. The Kier molecular flexibility index (Phi) is 5.16. The lowest BCUT2D eigenvalue weighted by Crippen LogP contribution is -2.32. The number of hydrazone groups is 1. The second kappa shape index (κ2) is 7.68. The summed E-state index contributed by atoms with van der Waals surface area (Å²) < 4.78 is 0. The molecule has 0 unspecified atom stereocenters. The zero-order valence-corrected chi connectivity index (χ0v) is 14.1. The molecule has 3 rings (SSSR count). The van der Waals surface area contributed by atoms with E-state index in [2.05, 4.69) is 26.9 Å². The van der Waals surface area contributed by atoms with Crippen molar-refractivity contribution >= 4 is 34.4 Å². The van der Waals surface area contributed by atoms with Gasteiger partial charge in [0.25, 0.3) is 0 Å². The molecule has 2 heterocycles. The number of thiophene rings is 1. The molecular formula is C17H15N5O2S. The number of nitriles is 1. The summed E-state index contributed by atoms with van der Waals surface area (Å²) in [6.45, 7) is 0. The lowest BCUT2D eigenvalue weighted by Gasteiger charge is -2.09. The van der Waals surface area contributed by atoms with Crippen LogP contribution in [0.1, 0.15) is 34.4 Å². The third-order valence-corrected chi connectivity index (χ3v) is 4.99. The number of carbonyl (C=O) groups is 2. The van der Waals surface area contributed by atoms with Crippen LogP contribution in [0.15, 0.2) is 29.6 Å². The maximum Gasteiger partial charge on any atom is 0.329 e. The lowest BCUT2D eigenvalue weighted by molar-refractivity contribution is -0.136. The summed E-state index contributed by atoms with van der Waals surface area (Å²) in [5, 5.41) is 16.0. The monoisotopic (exact) mass is 353 g/mol. The van der Waals surface area contributed by atoms with Gasteiger partial charge >= 0.3 is 11.8 Å². The molecule has 1 aliphatic rings. The Bertz CT molecular complexity index is 867. The van der Waals surface area contributed by atoms with Gasteiger partial charge in [0.1, 0.15) is 11.1 Å². The number of nitrogens with one attached hydrogen (secondary N) is 2. The summed E-state index contributed by atoms with van der Waals surface area (Å²) in [7, 11) is 0. The molecule has 0 bridgehead atoms. The third-order valence-electron chi connectivity index (χ3n) is 3.78. The summed E-state index contributed by atoms with van der Waals surface area (Å²) in [6, 6.07) is 5.64. The van der Waals surface area contributed by atoms with Crippen LogP contribution in [-0.4, -0.2) is 23.0 Å². The third kappa shape index (κ3) is 3.89. The minimum atomic E-state index is -0.893. The van der Waals surface area contributed by atoms with E-state index in [4.69, 9.17) is 0 Å². The van der Waals surface area contributed by atoms with Crippen LogP contribution < -0.4 is 10.7 Å². The number of rotatable bonds is 3. The normalized spacial score (nSPS) is 13.1. The first-order valence-corrected chi connectivity index (χ1v) is 8.59. The van der Waals surface area contributed by atoms with Crippen molar-refractivity contribution in [3.05, 3.63) is 46.1 Å². The van der Waals surface area contributed by atoms with Crippen LogP contribution in [0.3, 0.4) is 0 Å². The fraction of sp³-hybridized carbons (Fsp3) is 0.235. The van der Waals surface area contributed by atoms with E-state index in [-0.39, 0.29) is 0 Å². The summed E-state index contributed by atoms with van der Waals surface area (Å²) in [5.74, 6) is -1.74. The molecule has 7 nitrogen and oxygen atoms in total. The van der Waals surface area contributed by atoms with E-state index in [1.807, 2.05) is 0 Å². The highest BCUT2D eigenvalue weighted by Crippen LogP contribution is 2.37. The number of carbonyl (C=O) groups excluding carboxylic acids is 2. The topological polar surface area (TPSA) is 107 Å². The Morgan fingerprint density at radius 1 is 1.32 bits per heavy atom. The predicted octanol–water partition coefficient (Wildman–Crippen LogP) is 1.98. The van der Waals surface area contributed by atoms with Crippen molar-refractivity contribution < 1.29 is 9.59 Å². The Morgan fingerprint density at radius 3 is 2.92 bits per heavy atom. The summed E-state index contributed by atoms with van der Waals surface area (Å²) in [5.41, 5.74) is 4.33. The van der Waals surface area contributed by atoms with Crippen molar-refractivity contribution in [3.8, 4) is 6.07 Å². The largest absolute Gasteiger partial charge is 0.329 e. The van der Waals surface area contributed by atoms with Crippen LogP contribution in [0.5, 0.6) is 0 Å². The van der Waals surface area contributed by atoms with Gasteiger partial charge in [0.05, 0.1) is 11.8 Å². The van der Waals surface area contributed by atoms with E-state index < -0.39 is 11.8 Å². The predicted molar refractivity (Wildman–Crippen MR) is 94.3 cm³/mol. The molecule has 0 fully saturated rings. The van der Waals surface area contributed by atoms with E-state index in [1.54, 1.807) is 24.5 Å². The van der Waals surface area contributed by atoms with Gasteiger partial charge in [0.2, 0.25) is 0 Å². The van der Waals surface area contributed by atoms with Crippen molar-refractivity contribution in [2.45, 2.75) is 25.7 Å². The molecule has 0 spiro atoms. The fourth-order valence-electron chi connectivity index (χ4n) is 2.60. The fourth-order valence-corrected chi connectivity index (χ4v) is 3.84. The molecule has 25 heavy (non-hydrogen) atoms. The van der Waals surface area contributed by atoms with Crippen LogP contribution >= 0.6 is 11.3 Å². The van der Waals surface area contributed by atoms with E-state index >= 15 is 0 Å². The molecule has 0 atom stereocenters. The molecule has 2 N–H and O–H groups in total. The molecule has 0 aliphatic heterocycles. The van der Waals surface area contributed by atoms with Crippen molar-refractivity contribution in [1.82, 2.24) is 10.4 Å². The average Bonchev–Trinajstić information content (AvgIpc) is 2.99. The molecule has 2 aromatic rings. The molecule has 8 heteroatoms. The second-order valence-electron chi connectivity index (χ2n) is 5.47. The molecule has 0 radical (unpaired) electrons. The smallest absolute Gasteiger partial charge is 0.308 e. The van der Waals surface area contributed by atoms with Gasteiger partial charge < -0.3 is 5.32 Å². The van der Waals surface area contributed by atoms with Gasteiger partial charge in [-0.1, -0.05) is 6.07 Å². The molecule has 0 saturated heterocycles.